The molecule has 14 heavy (non-hydrogen) atoms. The van der Waals surface area contributed by atoms with Crippen molar-refractivity contribution in [3.05, 3.63) is 0 Å². The summed E-state index contributed by atoms with van der Waals surface area (Å²) in [6.07, 6.45) is 4.75. The van der Waals surface area contributed by atoms with E-state index in [1.807, 2.05) is 11.8 Å². The molecular weight excluding hydrogens is 218 g/mol. The number of carbonyl (C=O) groups excluding carboxylic acids is 1. The first-order valence-electron chi connectivity index (χ1n) is 5.26. The van der Waals surface area contributed by atoms with Crippen molar-refractivity contribution in [1.82, 2.24) is 5.32 Å². The first-order valence-corrected chi connectivity index (χ1v) is 6.95. The van der Waals surface area contributed by atoms with Gasteiger partial charge in [-0.25, -0.2) is 0 Å². The van der Waals surface area contributed by atoms with Gasteiger partial charge in [-0.2, -0.15) is 11.8 Å². The highest BCUT2D eigenvalue weighted by Gasteiger charge is 2.15. The number of alkyl halides is 1. The van der Waals surface area contributed by atoms with Crippen LogP contribution in [0.3, 0.4) is 0 Å². The molecule has 0 atom stereocenters. The van der Waals surface area contributed by atoms with Gasteiger partial charge in [0, 0.05) is 18.3 Å². The van der Waals surface area contributed by atoms with Gasteiger partial charge in [0.05, 0.1) is 0 Å². The van der Waals surface area contributed by atoms with E-state index in [2.05, 4.69) is 5.32 Å². The highest BCUT2D eigenvalue weighted by atomic mass is 35.5. The van der Waals surface area contributed by atoms with Gasteiger partial charge >= 0.3 is 0 Å². The summed E-state index contributed by atoms with van der Waals surface area (Å²) in [7, 11) is 0. The molecule has 1 N–H and O–H groups in total. The molecule has 2 nitrogen and oxygen atoms in total. The highest BCUT2D eigenvalue weighted by molar-refractivity contribution is 7.99. The molecule has 1 amide bonds. The number of unbranched alkanes of at least 4 members (excludes halogenated alkanes) is 1. The van der Waals surface area contributed by atoms with Crippen molar-refractivity contribution in [2.45, 2.75) is 38.1 Å². The second kappa shape index (κ2) is 7.41. The second-order valence-corrected chi connectivity index (χ2v) is 5.20. The molecule has 1 aliphatic heterocycles. The maximum atomic E-state index is 11.4. The van der Waals surface area contributed by atoms with Crippen molar-refractivity contribution in [1.29, 1.82) is 0 Å². The molecule has 0 unspecified atom stereocenters. The van der Waals surface area contributed by atoms with E-state index in [-0.39, 0.29) is 5.91 Å². The Balaban J connectivity index is 2.06. The zero-order chi connectivity index (χ0) is 10.2. The van der Waals surface area contributed by atoms with Crippen molar-refractivity contribution in [2.75, 3.05) is 17.4 Å². The molecule has 1 aliphatic rings. The number of hydrogen-bond acceptors (Lipinski definition) is 2. The Labute approximate surface area is 95.2 Å². The SMILES string of the molecule is O=C(CCCCCl)NC1CCSCC1. The third-order valence-corrected chi connectivity index (χ3v) is 3.69. The smallest absolute Gasteiger partial charge is 0.220 e. The van der Waals surface area contributed by atoms with Crippen LogP contribution in [0.2, 0.25) is 0 Å². The molecule has 0 radical (unpaired) electrons. The first kappa shape index (κ1) is 12.2. The van der Waals surface area contributed by atoms with Crippen LogP contribution in [0, 0.1) is 0 Å². The molecule has 0 aliphatic carbocycles. The van der Waals surface area contributed by atoms with Gasteiger partial charge in [-0.1, -0.05) is 0 Å². The Kier molecular flexibility index (Phi) is 6.45. The van der Waals surface area contributed by atoms with Crippen molar-refractivity contribution < 1.29 is 4.79 Å². The van der Waals surface area contributed by atoms with E-state index in [9.17, 15) is 4.79 Å². The zero-order valence-electron chi connectivity index (χ0n) is 8.43. The fraction of sp³-hybridized carbons (Fsp3) is 0.900. The van der Waals surface area contributed by atoms with E-state index in [1.54, 1.807) is 0 Å². The fourth-order valence-corrected chi connectivity index (χ4v) is 2.82. The topological polar surface area (TPSA) is 29.1 Å². The van der Waals surface area contributed by atoms with Crippen LogP contribution in [0.4, 0.5) is 0 Å². The van der Waals surface area contributed by atoms with Crippen LogP contribution in [0.15, 0.2) is 0 Å². The van der Waals surface area contributed by atoms with Crippen LogP contribution in [0.5, 0.6) is 0 Å². The maximum absolute atomic E-state index is 11.4. The largest absolute Gasteiger partial charge is 0.353 e. The maximum Gasteiger partial charge on any atom is 0.220 e. The molecular formula is C10H18ClNOS. The van der Waals surface area contributed by atoms with Gasteiger partial charge in [0.25, 0.3) is 0 Å². The summed E-state index contributed by atoms with van der Waals surface area (Å²) in [4.78, 5) is 11.4. The number of halogens is 1. The Bertz CT molecular complexity index is 172. The number of rotatable bonds is 5. The highest BCUT2D eigenvalue weighted by Crippen LogP contribution is 2.16. The van der Waals surface area contributed by atoms with E-state index >= 15 is 0 Å². The van der Waals surface area contributed by atoms with Gasteiger partial charge < -0.3 is 5.32 Å². The average Bonchev–Trinajstić information content (AvgIpc) is 2.20. The van der Waals surface area contributed by atoms with Crippen LogP contribution in [0.1, 0.15) is 32.1 Å². The minimum Gasteiger partial charge on any atom is -0.353 e. The zero-order valence-corrected chi connectivity index (χ0v) is 10.0. The lowest BCUT2D eigenvalue weighted by molar-refractivity contribution is -0.121. The molecule has 1 heterocycles. The Morgan fingerprint density at radius 2 is 2.07 bits per heavy atom. The summed E-state index contributed by atoms with van der Waals surface area (Å²) in [6.45, 7) is 0. The standard InChI is InChI=1S/C10H18ClNOS/c11-6-2-1-3-10(13)12-9-4-7-14-8-5-9/h9H,1-8H2,(H,12,13). The first-order chi connectivity index (χ1) is 6.83. The van der Waals surface area contributed by atoms with Crippen molar-refractivity contribution in [3.63, 3.8) is 0 Å². The summed E-state index contributed by atoms with van der Waals surface area (Å²) >= 11 is 7.52. The Morgan fingerprint density at radius 1 is 1.36 bits per heavy atom. The Morgan fingerprint density at radius 3 is 2.71 bits per heavy atom. The molecule has 0 spiro atoms. The lowest BCUT2D eigenvalue weighted by Crippen LogP contribution is -2.37. The normalized spacial score (nSPS) is 18.1. The van der Waals surface area contributed by atoms with Crippen LogP contribution < -0.4 is 5.32 Å². The van der Waals surface area contributed by atoms with Crippen LogP contribution >= 0.6 is 23.4 Å². The predicted molar refractivity (Wildman–Crippen MR) is 63.1 cm³/mol. The third kappa shape index (κ3) is 5.11. The van der Waals surface area contributed by atoms with E-state index in [4.69, 9.17) is 11.6 Å². The van der Waals surface area contributed by atoms with Gasteiger partial charge in [-0.15, -0.1) is 11.6 Å². The molecule has 0 aromatic carbocycles. The molecule has 0 saturated carbocycles. The number of amides is 1. The fourth-order valence-electron chi connectivity index (χ4n) is 1.52. The molecule has 4 heteroatoms. The molecule has 1 fully saturated rings. The predicted octanol–water partition coefficient (Wildman–Crippen LogP) is 2.41. The summed E-state index contributed by atoms with van der Waals surface area (Å²) in [5, 5.41) is 3.08. The van der Waals surface area contributed by atoms with Crippen molar-refractivity contribution >= 4 is 29.3 Å². The minimum absolute atomic E-state index is 0.201. The van der Waals surface area contributed by atoms with Crippen molar-refractivity contribution in [2.24, 2.45) is 0 Å². The lowest BCUT2D eigenvalue weighted by Gasteiger charge is -2.22. The molecule has 82 valence electrons. The number of nitrogens with one attached hydrogen (secondary N) is 1. The van der Waals surface area contributed by atoms with Gasteiger partial charge in [0.1, 0.15) is 0 Å². The number of carbonyl (C=O) groups is 1. The van der Waals surface area contributed by atoms with Gasteiger partial charge in [-0.3, -0.25) is 4.79 Å². The van der Waals surface area contributed by atoms with E-state index in [0.29, 0.717) is 18.3 Å². The average molecular weight is 236 g/mol. The third-order valence-electron chi connectivity index (χ3n) is 2.37. The van der Waals surface area contributed by atoms with Crippen LogP contribution in [-0.2, 0) is 4.79 Å². The second-order valence-electron chi connectivity index (χ2n) is 3.60. The van der Waals surface area contributed by atoms with Gasteiger partial charge in [0.2, 0.25) is 5.91 Å². The van der Waals surface area contributed by atoms with Crippen molar-refractivity contribution in [3.8, 4) is 0 Å². The summed E-state index contributed by atoms with van der Waals surface area (Å²) in [6, 6.07) is 0.430. The molecule has 0 bridgehead atoms. The summed E-state index contributed by atoms with van der Waals surface area (Å²) < 4.78 is 0. The monoisotopic (exact) mass is 235 g/mol. The molecule has 1 saturated heterocycles. The van der Waals surface area contributed by atoms with E-state index < -0.39 is 0 Å². The molecule has 0 aromatic heterocycles. The number of thioether (sulfide) groups is 1. The molecule has 1 rings (SSSR count). The van der Waals surface area contributed by atoms with E-state index in [0.717, 1.165) is 25.7 Å². The van der Waals surface area contributed by atoms with E-state index in [1.165, 1.54) is 11.5 Å². The molecule has 0 aromatic rings. The lowest BCUT2D eigenvalue weighted by atomic mass is 10.1. The van der Waals surface area contributed by atoms with Crippen LogP contribution in [-0.4, -0.2) is 29.3 Å². The minimum atomic E-state index is 0.201. The Hall–Kier alpha value is 0.110. The van der Waals surface area contributed by atoms with Gasteiger partial charge in [-0.05, 0) is 37.2 Å². The van der Waals surface area contributed by atoms with Crippen LogP contribution in [0.25, 0.3) is 0 Å². The summed E-state index contributed by atoms with van der Waals surface area (Å²) in [5.74, 6) is 3.24. The summed E-state index contributed by atoms with van der Waals surface area (Å²) in [5.41, 5.74) is 0. The quantitative estimate of drug-likeness (QED) is 0.586. The van der Waals surface area contributed by atoms with Gasteiger partial charge in [0.15, 0.2) is 0 Å². The number of hydrogen-bond donors (Lipinski definition) is 1.